The number of benzene rings is 1. The summed E-state index contributed by atoms with van der Waals surface area (Å²) in [4.78, 5) is 14.4. The number of methoxy groups -OCH3 is 1. The Morgan fingerprint density at radius 1 is 1.20 bits per heavy atom. The molecule has 2 aliphatic heterocycles. The Labute approximate surface area is 171 Å². The SMILES string of the molecule is COc1ccc(N=C(N=C2CSCC(C)N2C)N2CCCC2)cc1.I. The Morgan fingerprint density at radius 3 is 2.52 bits per heavy atom. The Kier molecular flexibility index (Phi) is 7.86. The second-order valence-corrected chi connectivity index (χ2v) is 7.34. The highest BCUT2D eigenvalue weighted by atomic mass is 127. The Morgan fingerprint density at radius 2 is 1.88 bits per heavy atom. The first-order chi connectivity index (χ1) is 11.7. The van der Waals surface area contributed by atoms with Gasteiger partial charge in [-0.1, -0.05) is 0 Å². The number of rotatable bonds is 2. The molecule has 2 saturated heterocycles. The van der Waals surface area contributed by atoms with E-state index in [4.69, 9.17) is 14.7 Å². The van der Waals surface area contributed by atoms with Gasteiger partial charge in [0.2, 0.25) is 5.96 Å². The average Bonchev–Trinajstić information content (AvgIpc) is 3.13. The first-order valence-corrected chi connectivity index (χ1v) is 9.68. The summed E-state index contributed by atoms with van der Waals surface area (Å²) in [5, 5.41) is 0. The fourth-order valence-corrected chi connectivity index (χ4v) is 4.00. The highest BCUT2D eigenvalue weighted by Gasteiger charge is 2.23. The van der Waals surface area contributed by atoms with Crippen LogP contribution in [0.15, 0.2) is 34.3 Å². The molecular formula is C18H27IN4OS. The molecule has 2 fully saturated rings. The topological polar surface area (TPSA) is 40.4 Å². The zero-order chi connectivity index (χ0) is 16.9. The number of nitrogens with zero attached hydrogens (tertiary/aromatic N) is 4. The van der Waals surface area contributed by atoms with E-state index in [9.17, 15) is 0 Å². The second kappa shape index (κ2) is 9.66. The van der Waals surface area contributed by atoms with Crippen LogP contribution in [-0.2, 0) is 0 Å². The molecule has 0 amide bonds. The largest absolute Gasteiger partial charge is 0.497 e. The van der Waals surface area contributed by atoms with Crippen LogP contribution in [0, 0.1) is 0 Å². The molecule has 2 heterocycles. The van der Waals surface area contributed by atoms with Gasteiger partial charge in [-0.3, -0.25) is 0 Å². The molecule has 0 radical (unpaired) electrons. The minimum atomic E-state index is 0. The zero-order valence-electron chi connectivity index (χ0n) is 15.1. The van der Waals surface area contributed by atoms with Gasteiger partial charge in [0, 0.05) is 31.9 Å². The first kappa shape index (κ1) is 20.4. The number of thioether (sulfide) groups is 1. The highest BCUT2D eigenvalue weighted by Crippen LogP contribution is 2.21. The maximum Gasteiger partial charge on any atom is 0.227 e. The van der Waals surface area contributed by atoms with Crippen LogP contribution in [-0.4, -0.2) is 66.4 Å². The van der Waals surface area contributed by atoms with Crippen molar-refractivity contribution in [2.45, 2.75) is 25.8 Å². The van der Waals surface area contributed by atoms with Gasteiger partial charge >= 0.3 is 0 Å². The summed E-state index contributed by atoms with van der Waals surface area (Å²) in [7, 11) is 3.82. The Balaban J connectivity index is 0.00000225. The van der Waals surface area contributed by atoms with Crippen LogP contribution >= 0.6 is 35.7 Å². The van der Waals surface area contributed by atoms with Crippen molar-refractivity contribution in [3.05, 3.63) is 24.3 Å². The molecule has 0 spiro atoms. The van der Waals surface area contributed by atoms with Gasteiger partial charge in [-0.05, 0) is 44.0 Å². The Bertz CT molecular complexity index is 614. The maximum absolute atomic E-state index is 5.23. The number of hydrogen-bond acceptors (Lipinski definition) is 3. The van der Waals surface area contributed by atoms with Crippen molar-refractivity contribution >= 4 is 53.2 Å². The van der Waals surface area contributed by atoms with Crippen molar-refractivity contribution < 1.29 is 4.74 Å². The monoisotopic (exact) mass is 474 g/mol. The summed E-state index contributed by atoms with van der Waals surface area (Å²) < 4.78 is 5.23. The molecule has 0 aromatic heterocycles. The summed E-state index contributed by atoms with van der Waals surface area (Å²) in [6.07, 6.45) is 2.43. The quantitative estimate of drug-likeness (QED) is 0.371. The third-order valence-corrected chi connectivity index (χ3v) is 5.76. The summed E-state index contributed by atoms with van der Waals surface area (Å²) in [5.41, 5.74) is 0.918. The predicted octanol–water partition coefficient (Wildman–Crippen LogP) is 3.86. The lowest BCUT2D eigenvalue weighted by Crippen LogP contribution is -2.43. The summed E-state index contributed by atoms with van der Waals surface area (Å²) in [6, 6.07) is 8.37. The van der Waals surface area contributed by atoms with E-state index >= 15 is 0 Å². The van der Waals surface area contributed by atoms with Crippen molar-refractivity contribution in [1.29, 1.82) is 0 Å². The van der Waals surface area contributed by atoms with Crippen molar-refractivity contribution in [2.24, 2.45) is 9.98 Å². The van der Waals surface area contributed by atoms with Crippen LogP contribution in [0.3, 0.4) is 0 Å². The highest BCUT2D eigenvalue weighted by molar-refractivity contribution is 14.0. The Hall–Kier alpha value is -0.960. The standard InChI is InChI=1S/C18H26N4OS.HI/c1-14-12-24-13-17(21(14)2)20-18(22-10-4-5-11-22)19-15-6-8-16(23-3)9-7-15;/h6-9,14H,4-5,10-13H2,1-3H3;1H. The molecule has 25 heavy (non-hydrogen) atoms. The number of amidine groups is 1. The van der Waals surface area contributed by atoms with Crippen LogP contribution in [0.5, 0.6) is 5.75 Å². The molecule has 5 nitrogen and oxygen atoms in total. The number of likely N-dealkylation sites (tertiary alicyclic amines) is 1. The third-order valence-electron chi connectivity index (χ3n) is 4.58. The molecule has 2 aliphatic rings. The van der Waals surface area contributed by atoms with E-state index in [1.54, 1.807) is 7.11 Å². The van der Waals surface area contributed by atoms with Gasteiger partial charge in [-0.25, -0.2) is 4.99 Å². The molecule has 138 valence electrons. The number of hydrogen-bond donors (Lipinski definition) is 0. The minimum Gasteiger partial charge on any atom is -0.497 e. The molecule has 1 atom stereocenters. The molecule has 0 aliphatic carbocycles. The fourth-order valence-electron chi connectivity index (χ4n) is 2.87. The van der Waals surface area contributed by atoms with E-state index < -0.39 is 0 Å². The van der Waals surface area contributed by atoms with E-state index in [0.717, 1.165) is 47.8 Å². The third kappa shape index (κ3) is 5.26. The molecule has 0 N–H and O–H groups in total. The number of ether oxygens (including phenoxy) is 1. The zero-order valence-corrected chi connectivity index (χ0v) is 18.3. The smallest absolute Gasteiger partial charge is 0.227 e. The molecule has 1 aromatic rings. The van der Waals surface area contributed by atoms with Gasteiger partial charge in [0.05, 0.1) is 18.6 Å². The van der Waals surface area contributed by atoms with Crippen molar-refractivity contribution in [1.82, 2.24) is 9.80 Å². The normalized spacial score (nSPS) is 22.9. The summed E-state index contributed by atoms with van der Waals surface area (Å²) >= 11 is 1.95. The van der Waals surface area contributed by atoms with E-state index in [1.807, 2.05) is 36.0 Å². The van der Waals surface area contributed by atoms with Crippen molar-refractivity contribution in [3.8, 4) is 5.75 Å². The lowest BCUT2D eigenvalue weighted by molar-refractivity contribution is 0.414. The molecule has 0 saturated carbocycles. The molecule has 0 bridgehead atoms. The molecule has 1 unspecified atom stereocenters. The van der Waals surface area contributed by atoms with Crippen LogP contribution in [0.2, 0.25) is 0 Å². The summed E-state index contributed by atoms with van der Waals surface area (Å²) in [6.45, 7) is 4.33. The number of guanidine groups is 1. The van der Waals surface area contributed by atoms with Crippen molar-refractivity contribution in [2.75, 3.05) is 38.8 Å². The van der Waals surface area contributed by atoms with Gasteiger partial charge in [0.1, 0.15) is 11.6 Å². The van der Waals surface area contributed by atoms with Gasteiger partial charge in [-0.15, -0.1) is 24.0 Å². The molecule has 3 rings (SSSR count). The van der Waals surface area contributed by atoms with Gasteiger partial charge in [0.25, 0.3) is 0 Å². The lowest BCUT2D eigenvalue weighted by Gasteiger charge is -2.33. The fraction of sp³-hybridized carbons (Fsp3) is 0.556. The predicted molar refractivity (Wildman–Crippen MR) is 118 cm³/mol. The van der Waals surface area contributed by atoms with Gasteiger partial charge in [0.15, 0.2) is 0 Å². The number of aliphatic imine (C=N–C) groups is 2. The second-order valence-electron chi connectivity index (χ2n) is 6.31. The van der Waals surface area contributed by atoms with Crippen LogP contribution in [0.25, 0.3) is 0 Å². The van der Waals surface area contributed by atoms with Gasteiger partial charge < -0.3 is 14.5 Å². The van der Waals surface area contributed by atoms with E-state index in [1.165, 1.54) is 12.8 Å². The van der Waals surface area contributed by atoms with Gasteiger partial charge in [-0.2, -0.15) is 16.8 Å². The maximum atomic E-state index is 5.23. The van der Waals surface area contributed by atoms with Crippen molar-refractivity contribution in [3.63, 3.8) is 0 Å². The molecular weight excluding hydrogens is 447 g/mol. The average molecular weight is 474 g/mol. The first-order valence-electron chi connectivity index (χ1n) is 8.53. The van der Waals surface area contributed by atoms with Crippen LogP contribution in [0.4, 0.5) is 5.69 Å². The molecule has 7 heteroatoms. The van der Waals surface area contributed by atoms with Crippen LogP contribution in [0.1, 0.15) is 19.8 Å². The van der Waals surface area contributed by atoms with Crippen LogP contribution < -0.4 is 4.74 Å². The molecule has 1 aromatic carbocycles. The number of halogens is 1. The van der Waals surface area contributed by atoms with E-state index in [0.29, 0.717) is 6.04 Å². The minimum absolute atomic E-state index is 0. The lowest BCUT2D eigenvalue weighted by atomic mass is 10.3. The van der Waals surface area contributed by atoms with E-state index in [-0.39, 0.29) is 24.0 Å². The van der Waals surface area contributed by atoms with E-state index in [2.05, 4.69) is 23.8 Å². The summed E-state index contributed by atoms with van der Waals surface area (Å²) in [5.74, 6) is 4.92.